The van der Waals surface area contributed by atoms with Crippen LogP contribution >= 0.6 is 23.2 Å². The molecule has 3 N–H and O–H groups in total. The van der Waals surface area contributed by atoms with E-state index in [1.807, 2.05) is 0 Å². The lowest BCUT2D eigenvalue weighted by Gasteiger charge is -2.29. The Morgan fingerprint density at radius 1 is 1.37 bits per heavy atom. The SMILES string of the molecule is CC(C(=O)O)C1=CC(N)(Cl)CC(Cl)=C1OCc1ccc(OC(F)(F)F)cc1. The lowest BCUT2D eigenvalue weighted by Crippen LogP contribution is -2.35. The molecule has 2 atom stereocenters. The van der Waals surface area contributed by atoms with Crippen molar-refractivity contribution in [3.63, 3.8) is 0 Å². The number of benzene rings is 1. The van der Waals surface area contributed by atoms with Crippen LogP contribution in [0.1, 0.15) is 18.9 Å². The van der Waals surface area contributed by atoms with Gasteiger partial charge in [-0.05, 0) is 30.7 Å². The predicted octanol–water partition coefficient (Wildman–Crippen LogP) is 4.50. The first-order valence-corrected chi connectivity index (χ1v) is 8.43. The smallest absolute Gasteiger partial charge is 0.487 e. The topological polar surface area (TPSA) is 81.8 Å². The van der Waals surface area contributed by atoms with E-state index in [1.54, 1.807) is 0 Å². The molecule has 1 aromatic carbocycles. The number of halogens is 5. The Labute approximate surface area is 163 Å². The average molecular weight is 426 g/mol. The summed E-state index contributed by atoms with van der Waals surface area (Å²) in [6.45, 7) is 1.38. The van der Waals surface area contributed by atoms with Gasteiger partial charge in [-0.25, -0.2) is 0 Å². The Hall–Kier alpha value is -1.90. The zero-order valence-corrected chi connectivity index (χ0v) is 15.5. The van der Waals surface area contributed by atoms with Gasteiger partial charge in [0.2, 0.25) is 0 Å². The maximum atomic E-state index is 12.2. The van der Waals surface area contributed by atoms with Gasteiger partial charge in [0.25, 0.3) is 0 Å². The van der Waals surface area contributed by atoms with Gasteiger partial charge in [0.1, 0.15) is 23.1 Å². The summed E-state index contributed by atoms with van der Waals surface area (Å²) in [5, 5.41) is 9.43. The summed E-state index contributed by atoms with van der Waals surface area (Å²) in [4.78, 5) is 10.0. The fraction of sp³-hybridized carbons (Fsp3) is 0.353. The van der Waals surface area contributed by atoms with Crippen LogP contribution in [0.3, 0.4) is 0 Å². The standard InChI is InChI=1S/C17H16Cl2F3NO4/c1-9(15(24)25)12-6-16(19,23)7-13(18)14(12)26-8-10-2-4-11(5-3-10)27-17(20,21)22/h2-6,9H,7-8,23H2,1H3,(H,24,25). The van der Waals surface area contributed by atoms with Gasteiger partial charge in [-0.15, -0.1) is 13.2 Å². The number of allylic oxidation sites excluding steroid dienone is 1. The predicted molar refractivity (Wildman–Crippen MR) is 93.1 cm³/mol. The fourth-order valence-electron chi connectivity index (χ4n) is 2.41. The van der Waals surface area contributed by atoms with Crippen molar-refractivity contribution < 1.29 is 32.5 Å². The maximum Gasteiger partial charge on any atom is 0.573 e. The van der Waals surface area contributed by atoms with Gasteiger partial charge in [0, 0.05) is 12.0 Å². The number of ether oxygens (including phenoxy) is 2. The number of hydrogen-bond acceptors (Lipinski definition) is 4. The van der Waals surface area contributed by atoms with E-state index in [2.05, 4.69) is 4.74 Å². The Bertz CT molecular complexity index is 773. The van der Waals surface area contributed by atoms with Gasteiger partial charge < -0.3 is 20.3 Å². The van der Waals surface area contributed by atoms with Gasteiger partial charge in [-0.2, -0.15) is 0 Å². The molecule has 0 heterocycles. The van der Waals surface area contributed by atoms with Crippen LogP contribution in [-0.2, 0) is 16.1 Å². The average Bonchev–Trinajstić information content (AvgIpc) is 2.52. The molecule has 0 bridgehead atoms. The summed E-state index contributed by atoms with van der Waals surface area (Å²) < 4.78 is 46.0. The molecule has 27 heavy (non-hydrogen) atoms. The van der Waals surface area contributed by atoms with Gasteiger partial charge in [0.05, 0.1) is 11.0 Å². The second-order valence-electron chi connectivity index (χ2n) is 5.98. The van der Waals surface area contributed by atoms with Crippen molar-refractivity contribution in [1.29, 1.82) is 0 Å². The zero-order chi connectivity index (χ0) is 20.4. The van der Waals surface area contributed by atoms with Crippen LogP contribution in [0.2, 0.25) is 0 Å². The normalized spacial score (nSPS) is 21.5. The summed E-state index contributed by atoms with van der Waals surface area (Å²) in [5.41, 5.74) is 6.61. The van der Waals surface area contributed by atoms with Crippen molar-refractivity contribution in [2.45, 2.75) is 31.3 Å². The summed E-state index contributed by atoms with van der Waals surface area (Å²) in [7, 11) is 0. The molecule has 0 aromatic heterocycles. The highest BCUT2D eigenvalue weighted by Crippen LogP contribution is 2.39. The van der Waals surface area contributed by atoms with Crippen LogP contribution in [0.15, 0.2) is 46.7 Å². The molecular weight excluding hydrogens is 410 g/mol. The van der Waals surface area contributed by atoms with Crippen LogP contribution in [0, 0.1) is 5.92 Å². The van der Waals surface area contributed by atoms with Crippen molar-refractivity contribution in [2.24, 2.45) is 11.7 Å². The van der Waals surface area contributed by atoms with E-state index in [-0.39, 0.29) is 35.1 Å². The minimum Gasteiger partial charge on any atom is -0.487 e. The monoisotopic (exact) mass is 425 g/mol. The molecule has 148 valence electrons. The van der Waals surface area contributed by atoms with E-state index in [9.17, 15) is 23.1 Å². The van der Waals surface area contributed by atoms with E-state index in [0.29, 0.717) is 5.56 Å². The van der Waals surface area contributed by atoms with Crippen molar-refractivity contribution in [3.8, 4) is 5.75 Å². The minimum atomic E-state index is -4.78. The van der Waals surface area contributed by atoms with E-state index in [0.717, 1.165) is 12.1 Å². The largest absolute Gasteiger partial charge is 0.573 e. The molecular formula is C17H16Cl2F3NO4. The quantitative estimate of drug-likeness (QED) is 0.517. The number of carboxylic acid groups (broad SMARTS) is 1. The highest BCUT2D eigenvalue weighted by Gasteiger charge is 2.34. The molecule has 1 aromatic rings. The molecule has 0 saturated carbocycles. The highest BCUT2D eigenvalue weighted by molar-refractivity contribution is 6.32. The lowest BCUT2D eigenvalue weighted by atomic mass is 9.91. The zero-order valence-electron chi connectivity index (χ0n) is 14.0. The molecule has 1 aliphatic rings. The van der Waals surface area contributed by atoms with Crippen molar-refractivity contribution >= 4 is 29.2 Å². The third-order valence-corrected chi connectivity index (χ3v) is 4.26. The molecule has 0 amide bonds. The molecule has 2 unspecified atom stereocenters. The van der Waals surface area contributed by atoms with Crippen LogP contribution in [0.4, 0.5) is 13.2 Å². The van der Waals surface area contributed by atoms with Crippen LogP contribution < -0.4 is 10.5 Å². The van der Waals surface area contributed by atoms with E-state index in [1.165, 1.54) is 25.1 Å². The number of rotatable bonds is 6. The van der Waals surface area contributed by atoms with Crippen molar-refractivity contribution in [1.82, 2.24) is 0 Å². The third kappa shape index (κ3) is 6.05. The summed E-state index contributed by atoms with van der Waals surface area (Å²) in [5.74, 6) is -2.31. The number of carbonyl (C=O) groups is 1. The molecule has 5 nitrogen and oxygen atoms in total. The summed E-state index contributed by atoms with van der Waals surface area (Å²) in [6, 6.07) is 5.06. The molecule has 1 aliphatic carbocycles. The maximum absolute atomic E-state index is 12.2. The second kappa shape index (κ2) is 8.00. The Morgan fingerprint density at radius 3 is 2.48 bits per heavy atom. The van der Waals surface area contributed by atoms with E-state index >= 15 is 0 Å². The molecule has 0 aliphatic heterocycles. The van der Waals surface area contributed by atoms with Crippen molar-refractivity contribution in [2.75, 3.05) is 0 Å². The summed E-state index contributed by atoms with van der Waals surface area (Å²) >= 11 is 12.3. The molecule has 0 saturated heterocycles. The first-order chi connectivity index (χ1) is 12.4. The first-order valence-electron chi connectivity index (χ1n) is 7.68. The van der Waals surface area contributed by atoms with Crippen molar-refractivity contribution in [3.05, 3.63) is 52.3 Å². The lowest BCUT2D eigenvalue weighted by molar-refractivity contribution is -0.274. The van der Waals surface area contributed by atoms with Gasteiger partial charge in [-0.1, -0.05) is 35.3 Å². The Balaban J connectivity index is 2.15. The van der Waals surface area contributed by atoms with E-state index in [4.69, 9.17) is 33.7 Å². The number of hydrogen-bond donors (Lipinski definition) is 2. The number of alkyl halides is 4. The van der Waals surface area contributed by atoms with E-state index < -0.39 is 23.2 Å². The first kappa shape index (κ1) is 21.4. The summed E-state index contributed by atoms with van der Waals surface area (Å²) in [6.07, 6.45) is -3.35. The number of carboxylic acids is 1. The van der Waals surface area contributed by atoms with Gasteiger partial charge in [0.15, 0.2) is 0 Å². The minimum absolute atomic E-state index is 0.0413. The number of aliphatic carboxylic acids is 1. The van der Waals surface area contributed by atoms with Crippen LogP contribution in [0.25, 0.3) is 0 Å². The van der Waals surface area contributed by atoms with Gasteiger partial charge in [-0.3, -0.25) is 4.79 Å². The van der Waals surface area contributed by atoms with Gasteiger partial charge >= 0.3 is 12.3 Å². The van der Waals surface area contributed by atoms with Crippen LogP contribution in [0.5, 0.6) is 5.75 Å². The molecule has 2 rings (SSSR count). The van der Waals surface area contributed by atoms with Crippen LogP contribution in [-0.4, -0.2) is 22.4 Å². The Morgan fingerprint density at radius 2 is 1.96 bits per heavy atom. The highest BCUT2D eigenvalue weighted by atomic mass is 35.5. The third-order valence-electron chi connectivity index (χ3n) is 3.71. The molecule has 0 radical (unpaired) electrons. The Kier molecular flexibility index (Phi) is 6.34. The molecule has 0 spiro atoms. The second-order valence-corrected chi connectivity index (χ2v) is 7.14. The molecule has 10 heteroatoms. The molecule has 0 fully saturated rings. The number of nitrogens with two attached hydrogens (primary N) is 1. The fourth-order valence-corrected chi connectivity index (χ4v) is 3.11.